The van der Waals surface area contributed by atoms with Crippen LogP contribution in [-0.4, -0.2) is 26.4 Å². The number of ether oxygens (including phenoxy) is 1. The van der Waals surface area contributed by atoms with Gasteiger partial charge in [-0.1, -0.05) is 18.1 Å². The summed E-state index contributed by atoms with van der Waals surface area (Å²) in [6.07, 6.45) is 2.63. The maximum Gasteiger partial charge on any atom is 0.264 e. The molecule has 6 nitrogen and oxygen atoms in total. The lowest BCUT2D eigenvalue weighted by atomic mass is 10.2. The molecular formula is C22H17FN4O2S2. The smallest absolute Gasteiger partial charge is 0.264 e. The molecule has 0 saturated carbocycles. The van der Waals surface area contributed by atoms with E-state index in [1.165, 1.54) is 17.4 Å². The lowest BCUT2D eigenvalue weighted by molar-refractivity contribution is 0.237. The summed E-state index contributed by atoms with van der Waals surface area (Å²) >= 11 is 3.07. The second kappa shape index (κ2) is 8.24. The summed E-state index contributed by atoms with van der Waals surface area (Å²) in [6, 6.07) is 12.9. The molecule has 0 N–H and O–H groups in total. The first-order chi connectivity index (χ1) is 15.2. The van der Waals surface area contributed by atoms with Crippen LogP contribution in [0.1, 0.15) is 18.6 Å². The van der Waals surface area contributed by atoms with E-state index >= 15 is 0 Å². The van der Waals surface area contributed by atoms with Gasteiger partial charge in [0.15, 0.2) is 6.61 Å². The Balaban J connectivity index is 1.45. The first-order valence-electron chi connectivity index (χ1n) is 9.63. The van der Waals surface area contributed by atoms with Gasteiger partial charge in [-0.25, -0.2) is 9.37 Å². The minimum absolute atomic E-state index is 0.0574. The standard InChI is InChI=1S/C22H17FN4O2S2/c1-3-16-24-19-18-14(23)5-4-6-15(18)31-20(19)22(25-16)28-11-17-26-21(27-29-17)12-7-9-13(30-2)10-8-12/h4-10H,3,11H2,1-2H3. The number of halogens is 1. The highest BCUT2D eigenvalue weighted by atomic mass is 32.2. The second-order valence-corrected chi connectivity index (χ2v) is 8.65. The first-order valence-corrected chi connectivity index (χ1v) is 11.7. The van der Waals surface area contributed by atoms with Crippen LogP contribution in [0.15, 0.2) is 51.9 Å². The zero-order valence-electron chi connectivity index (χ0n) is 16.8. The Morgan fingerprint density at radius 1 is 1.10 bits per heavy atom. The number of hydrogen-bond donors (Lipinski definition) is 0. The number of fused-ring (bicyclic) bond motifs is 3. The summed E-state index contributed by atoms with van der Waals surface area (Å²) in [7, 11) is 0. The van der Waals surface area contributed by atoms with Crippen molar-refractivity contribution in [3.8, 4) is 17.3 Å². The molecule has 3 heterocycles. The molecule has 0 saturated heterocycles. The minimum atomic E-state index is -0.301. The normalized spacial score (nSPS) is 11.5. The van der Waals surface area contributed by atoms with Crippen LogP contribution in [0.25, 0.3) is 31.7 Å². The van der Waals surface area contributed by atoms with E-state index in [1.54, 1.807) is 17.8 Å². The van der Waals surface area contributed by atoms with E-state index in [4.69, 9.17) is 9.26 Å². The quantitative estimate of drug-likeness (QED) is 0.297. The molecule has 0 spiro atoms. The maximum absolute atomic E-state index is 14.5. The molecule has 0 aliphatic carbocycles. The Morgan fingerprint density at radius 2 is 1.94 bits per heavy atom. The molecule has 0 aliphatic rings. The number of nitrogens with zero attached hydrogens (tertiary/aromatic N) is 4. The van der Waals surface area contributed by atoms with E-state index in [-0.39, 0.29) is 12.4 Å². The zero-order valence-corrected chi connectivity index (χ0v) is 18.4. The highest BCUT2D eigenvalue weighted by molar-refractivity contribution is 7.98. The van der Waals surface area contributed by atoms with Crippen LogP contribution in [0.2, 0.25) is 0 Å². The number of benzene rings is 2. The van der Waals surface area contributed by atoms with Crippen molar-refractivity contribution in [1.29, 1.82) is 0 Å². The molecule has 5 aromatic rings. The van der Waals surface area contributed by atoms with E-state index in [0.717, 1.165) is 15.2 Å². The molecule has 5 rings (SSSR count). The van der Waals surface area contributed by atoms with Crippen molar-refractivity contribution in [1.82, 2.24) is 20.1 Å². The number of thiophene rings is 1. The molecule has 31 heavy (non-hydrogen) atoms. The lowest BCUT2D eigenvalue weighted by Gasteiger charge is -2.05. The van der Waals surface area contributed by atoms with Crippen molar-refractivity contribution in [2.75, 3.05) is 6.26 Å². The highest BCUT2D eigenvalue weighted by Gasteiger charge is 2.18. The molecule has 0 atom stereocenters. The molecule has 2 aromatic carbocycles. The third-order valence-electron chi connectivity index (χ3n) is 4.77. The summed E-state index contributed by atoms with van der Waals surface area (Å²) in [4.78, 5) is 14.6. The Morgan fingerprint density at radius 3 is 2.71 bits per heavy atom. The van der Waals surface area contributed by atoms with Gasteiger partial charge in [0.1, 0.15) is 16.3 Å². The molecule has 0 amide bonds. The summed E-state index contributed by atoms with van der Waals surface area (Å²) in [5.41, 5.74) is 1.44. The van der Waals surface area contributed by atoms with E-state index in [2.05, 4.69) is 20.1 Å². The maximum atomic E-state index is 14.5. The molecule has 0 bridgehead atoms. The van der Waals surface area contributed by atoms with Gasteiger partial charge in [0.05, 0.1) is 10.9 Å². The van der Waals surface area contributed by atoms with Gasteiger partial charge < -0.3 is 9.26 Å². The van der Waals surface area contributed by atoms with E-state index in [1.807, 2.05) is 43.5 Å². The fraction of sp³-hybridized carbons (Fsp3) is 0.182. The molecule has 156 valence electrons. The van der Waals surface area contributed by atoms with Crippen molar-refractivity contribution in [3.63, 3.8) is 0 Å². The molecule has 9 heteroatoms. The van der Waals surface area contributed by atoms with Gasteiger partial charge in [0, 0.05) is 21.6 Å². The van der Waals surface area contributed by atoms with E-state index in [0.29, 0.717) is 45.4 Å². The predicted octanol–water partition coefficient (Wildman–Crippen LogP) is 5.90. The molecule has 0 radical (unpaired) electrons. The Labute approximate surface area is 185 Å². The summed E-state index contributed by atoms with van der Waals surface area (Å²) in [6.45, 7) is 2.00. The summed E-state index contributed by atoms with van der Waals surface area (Å²) < 4.78 is 27.2. The minimum Gasteiger partial charge on any atom is -0.466 e. The molecular weight excluding hydrogens is 435 g/mol. The Bertz CT molecular complexity index is 1380. The van der Waals surface area contributed by atoms with Gasteiger partial charge >= 0.3 is 0 Å². The zero-order chi connectivity index (χ0) is 21.4. The summed E-state index contributed by atoms with van der Waals surface area (Å²) in [5.74, 6) is 1.51. The number of aromatic nitrogens is 4. The first kappa shape index (κ1) is 19.9. The van der Waals surface area contributed by atoms with Crippen LogP contribution in [0.4, 0.5) is 4.39 Å². The third-order valence-corrected chi connectivity index (χ3v) is 6.65. The van der Waals surface area contributed by atoms with Gasteiger partial charge in [0.25, 0.3) is 5.89 Å². The van der Waals surface area contributed by atoms with Crippen molar-refractivity contribution < 1.29 is 13.7 Å². The van der Waals surface area contributed by atoms with Gasteiger partial charge in [-0.2, -0.15) is 9.97 Å². The van der Waals surface area contributed by atoms with Crippen molar-refractivity contribution in [2.24, 2.45) is 0 Å². The second-order valence-electron chi connectivity index (χ2n) is 6.72. The van der Waals surface area contributed by atoms with Crippen molar-refractivity contribution >= 4 is 43.4 Å². The van der Waals surface area contributed by atoms with Crippen LogP contribution in [-0.2, 0) is 13.0 Å². The van der Waals surface area contributed by atoms with Crippen LogP contribution in [0.5, 0.6) is 5.88 Å². The van der Waals surface area contributed by atoms with Crippen LogP contribution in [0, 0.1) is 5.82 Å². The van der Waals surface area contributed by atoms with Crippen molar-refractivity contribution in [3.05, 3.63) is 60.0 Å². The third kappa shape index (κ3) is 3.75. The van der Waals surface area contributed by atoms with E-state index < -0.39 is 0 Å². The Hall–Kier alpha value is -3.04. The van der Waals surface area contributed by atoms with Gasteiger partial charge in [-0.15, -0.1) is 23.1 Å². The SMILES string of the molecule is CCc1nc(OCc2nc(-c3ccc(SC)cc3)no2)c2sc3cccc(F)c3c2n1. The number of rotatable bonds is 6. The Kier molecular flexibility index (Phi) is 5.29. The van der Waals surface area contributed by atoms with Gasteiger partial charge in [-0.05, 0) is 42.7 Å². The van der Waals surface area contributed by atoms with Crippen LogP contribution in [0.3, 0.4) is 0 Å². The molecule has 0 aliphatic heterocycles. The fourth-order valence-electron chi connectivity index (χ4n) is 3.22. The van der Waals surface area contributed by atoms with Crippen molar-refractivity contribution in [2.45, 2.75) is 24.8 Å². The average Bonchev–Trinajstić information content (AvgIpc) is 3.43. The predicted molar refractivity (Wildman–Crippen MR) is 120 cm³/mol. The van der Waals surface area contributed by atoms with Crippen LogP contribution >= 0.6 is 23.1 Å². The molecule has 3 aromatic heterocycles. The van der Waals surface area contributed by atoms with Gasteiger partial charge in [-0.3, -0.25) is 0 Å². The lowest BCUT2D eigenvalue weighted by Crippen LogP contribution is -2.01. The monoisotopic (exact) mass is 452 g/mol. The van der Waals surface area contributed by atoms with Crippen LogP contribution < -0.4 is 4.74 Å². The van der Waals surface area contributed by atoms with E-state index in [9.17, 15) is 4.39 Å². The average molecular weight is 453 g/mol. The number of aryl methyl sites for hydroxylation is 1. The highest BCUT2D eigenvalue weighted by Crippen LogP contribution is 2.38. The molecule has 0 fully saturated rings. The largest absolute Gasteiger partial charge is 0.466 e. The number of thioether (sulfide) groups is 1. The topological polar surface area (TPSA) is 73.9 Å². The number of hydrogen-bond acceptors (Lipinski definition) is 8. The van der Waals surface area contributed by atoms with Gasteiger partial charge in [0.2, 0.25) is 11.7 Å². The fourth-order valence-corrected chi connectivity index (χ4v) is 4.73. The molecule has 0 unspecified atom stereocenters. The summed E-state index contributed by atoms with van der Waals surface area (Å²) in [5, 5.41) is 4.54.